The van der Waals surface area contributed by atoms with Crippen molar-refractivity contribution in [3.8, 4) is 0 Å². The van der Waals surface area contributed by atoms with Crippen molar-refractivity contribution in [3.05, 3.63) is 52.8 Å². The average molecular weight is 422 g/mol. The first kappa shape index (κ1) is 22.1. The van der Waals surface area contributed by atoms with Crippen LogP contribution in [0.15, 0.2) is 35.3 Å². The topological polar surface area (TPSA) is 57.5 Å². The molecule has 1 fully saturated rings. The van der Waals surface area contributed by atoms with Crippen molar-refractivity contribution in [2.45, 2.75) is 45.6 Å². The van der Waals surface area contributed by atoms with Crippen LogP contribution in [0.5, 0.6) is 0 Å². The molecule has 3 rings (SSSR count). The number of nitrogens with zero attached hydrogens (tertiary/aromatic N) is 4. The van der Waals surface area contributed by atoms with Crippen LogP contribution >= 0.6 is 0 Å². The number of aryl methyl sites for hydroxylation is 1. The fourth-order valence-electron chi connectivity index (χ4n) is 3.81. The first-order valence-electron chi connectivity index (χ1n) is 10.1. The van der Waals surface area contributed by atoms with E-state index in [4.69, 9.17) is 0 Å². The molecule has 0 radical (unpaired) electrons. The predicted octanol–water partition coefficient (Wildman–Crippen LogP) is 2.85. The van der Waals surface area contributed by atoms with Gasteiger partial charge in [0.15, 0.2) is 5.96 Å². The Hall–Kier alpha value is -2.55. The van der Waals surface area contributed by atoms with Gasteiger partial charge in [0.1, 0.15) is 0 Å². The maximum absolute atomic E-state index is 12.6. The monoisotopic (exact) mass is 422 g/mol. The number of benzene rings is 1. The van der Waals surface area contributed by atoms with Gasteiger partial charge in [-0.15, -0.1) is 0 Å². The highest BCUT2D eigenvalue weighted by atomic mass is 19.4. The maximum atomic E-state index is 12.6. The number of nitrogens with one attached hydrogen (secondary N) is 2. The average Bonchev–Trinajstić information content (AvgIpc) is 3.22. The second kappa shape index (κ2) is 9.51. The summed E-state index contributed by atoms with van der Waals surface area (Å²) in [7, 11) is 1.66. The lowest BCUT2D eigenvalue weighted by atomic mass is 10.2. The maximum Gasteiger partial charge on any atom is 0.401 e. The zero-order valence-corrected chi connectivity index (χ0v) is 17.6. The fraction of sp³-hybridized carbons (Fsp3) is 0.524. The lowest BCUT2D eigenvalue weighted by Crippen LogP contribution is -2.45. The summed E-state index contributed by atoms with van der Waals surface area (Å²) in [5.41, 5.74) is 4.31. The Morgan fingerprint density at radius 3 is 2.63 bits per heavy atom. The van der Waals surface area contributed by atoms with Crippen molar-refractivity contribution < 1.29 is 13.2 Å². The highest BCUT2D eigenvalue weighted by Crippen LogP contribution is 2.20. The quantitative estimate of drug-likeness (QED) is 0.555. The van der Waals surface area contributed by atoms with E-state index in [1.165, 1.54) is 10.5 Å². The number of hydrogen-bond donors (Lipinski definition) is 2. The summed E-state index contributed by atoms with van der Waals surface area (Å²) in [4.78, 5) is 5.65. The zero-order chi connectivity index (χ0) is 21.7. The van der Waals surface area contributed by atoms with Crippen molar-refractivity contribution in [1.82, 2.24) is 25.3 Å². The highest BCUT2D eigenvalue weighted by molar-refractivity contribution is 5.80. The molecule has 1 aromatic carbocycles. The molecule has 164 valence electrons. The number of guanidine groups is 1. The Bertz CT molecular complexity index is 860. The Morgan fingerprint density at radius 2 is 1.97 bits per heavy atom. The molecule has 1 aliphatic rings. The number of aliphatic imine (C=N–C) groups is 1. The van der Waals surface area contributed by atoms with Crippen LogP contribution in [0.3, 0.4) is 0 Å². The molecule has 2 aromatic rings. The summed E-state index contributed by atoms with van der Waals surface area (Å²) in [5, 5.41) is 11.2. The first-order valence-corrected chi connectivity index (χ1v) is 10.1. The number of halogens is 3. The van der Waals surface area contributed by atoms with Crippen molar-refractivity contribution in [2.24, 2.45) is 4.99 Å². The van der Waals surface area contributed by atoms with Gasteiger partial charge in [0.2, 0.25) is 0 Å². The van der Waals surface area contributed by atoms with Gasteiger partial charge < -0.3 is 10.6 Å². The molecule has 1 unspecified atom stereocenters. The van der Waals surface area contributed by atoms with Gasteiger partial charge in [-0.25, -0.2) is 0 Å². The second-order valence-corrected chi connectivity index (χ2v) is 7.70. The number of likely N-dealkylation sites (tertiary alicyclic amines) is 1. The van der Waals surface area contributed by atoms with E-state index in [1.54, 1.807) is 7.05 Å². The van der Waals surface area contributed by atoms with E-state index in [0.717, 1.165) is 17.0 Å². The lowest BCUT2D eigenvalue weighted by molar-refractivity contribution is -0.143. The van der Waals surface area contributed by atoms with Gasteiger partial charge in [0.05, 0.1) is 18.8 Å². The van der Waals surface area contributed by atoms with Crippen molar-refractivity contribution in [2.75, 3.05) is 26.7 Å². The molecule has 1 saturated heterocycles. The molecule has 2 N–H and O–H groups in total. The smallest absolute Gasteiger partial charge is 0.352 e. The molecule has 1 aliphatic heterocycles. The Kier molecular flexibility index (Phi) is 7.02. The van der Waals surface area contributed by atoms with Crippen LogP contribution in [-0.2, 0) is 13.1 Å². The van der Waals surface area contributed by atoms with Gasteiger partial charge in [-0.2, -0.15) is 18.3 Å². The summed E-state index contributed by atoms with van der Waals surface area (Å²) in [6.45, 7) is 5.20. The molecule has 2 heterocycles. The van der Waals surface area contributed by atoms with Crippen molar-refractivity contribution >= 4 is 5.96 Å². The van der Waals surface area contributed by atoms with Gasteiger partial charge >= 0.3 is 6.18 Å². The van der Waals surface area contributed by atoms with E-state index in [-0.39, 0.29) is 6.04 Å². The molecule has 1 aromatic heterocycles. The van der Waals surface area contributed by atoms with E-state index in [1.807, 2.05) is 36.7 Å². The predicted molar refractivity (Wildman–Crippen MR) is 111 cm³/mol. The second-order valence-electron chi connectivity index (χ2n) is 7.70. The third kappa shape index (κ3) is 5.98. The third-order valence-corrected chi connectivity index (χ3v) is 5.38. The van der Waals surface area contributed by atoms with Gasteiger partial charge in [0.25, 0.3) is 0 Å². The number of hydrogen-bond acceptors (Lipinski definition) is 3. The lowest BCUT2D eigenvalue weighted by Gasteiger charge is -2.20. The van der Waals surface area contributed by atoms with Gasteiger partial charge in [-0.3, -0.25) is 14.6 Å². The minimum absolute atomic E-state index is 0.0541. The Labute approximate surface area is 175 Å². The SMILES string of the molecule is CN=C(NCc1c(C)nn(Cc2ccccc2)c1C)NC1CCN(CC(F)(F)F)C1. The Morgan fingerprint density at radius 1 is 1.23 bits per heavy atom. The van der Waals surface area contributed by atoms with Crippen molar-refractivity contribution in [3.63, 3.8) is 0 Å². The van der Waals surface area contributed by atoms with Crippen LogP contribution < -0.4 is 10.6 Å². The molecule has 6 nitrogen and oxygen atoms in total. The molecule has 0 bridgehead atoms. The van der Waals surface area contributed by atoms with E-state index < -0.39 is 12.7 Å². The zero-order valence-electron chi connectivity index (χ0n) is 17.6. The molecule has 0 aliphatic carbocycles. The molecule has 0 amide bonds. The van der Waals surface area contributed by atoms with Gasteiger partial charge in [0, 0.05) is 44.0 Å². The number of rotatable bonds is 6. The summed E-state index contributed by atoms with van der Waals surface area (Å²) in [5.74, 6) is 0.587. The largest absolute Gasteiger partial charge is 0.401 e. The van der Waals surface area contributed by atoms with Crippen molar-refractivity contribution in [1.29, 1.82) is 0 Å². The number of alkyl halides is 3. The minimum atomic E-state index is -4.16. The summed E-state index contributed by atoms with van der Waals surface area (Å²) < 4.78 is 39.7. The first-order chi connectivity index (χ1) is 14.2. The van der Waals surface area contributed by atoms with Crippen LogP contribution in [0.25, 0.3) is 0 Å². The fourth-order valence-corrected chi connectivity index (χ4v) is 3.81. The molecule has 0 spiro atoms. The van der Waals surface area contributed by atoms with Crippen LogP contribution in [-0.4, -0.2) is 59.5 Å². The molecular formula is C21H29F3N6. The Balaban J connectivity index is 1.55. The van der Waals surface area contributed by atoms with E-state index >= 15 is 0 Å². The van der Waals surface area contributed by atoms with E-state index in [9.17, 15) is 13.2 Å². The normalized spacial score (nSPS) is 18.1. The molecule has 1 atom stereocenters. The number of aromatic nitrogens is 2. The van der Waals surface area contributed by atoms with Crippen LogP contribution in [0.1, 0.15) is 28.9 Å². The van der Waals surface area contributed by atoms with Crippen LogP contribution in [0, 0.1) is 13.8 Å². The summed E-state index contributed by atoms with van der Waals surface area (Å²) >= 11 is 0. The van der Waals surface area contributed by atoms with E-state index in [0.29, 0.717) is 38.6 Å². The molecular weight excluding hydrogens is 393 g/mol. The summed E-state index contributed by atoms with van der Waals surface area (Å²) in [6.07, 6.45) is -3.51. The standard InChI is InChI=1S/C21H29F3N6/c1-15-19(16(2)30(28-15)12-17-7-5-4-6-8-17)11-26-20(25-3)27-18-9-10-29(13-18)14-21(22,23)24/h4-8,18H,9-14H2,1-3H3,(H2,25,26,27). The van der Waals surface area contributed by atoms with Crippen LogP contribution in [0.4, 0.5) is 13.2 Å². The molecule has 30 heavy (non-hydrogen) atoms. The van der Waals surface area contributed by atoms with Gasteiger partial charge in [-0.1, -0.05) is 30.3 Å². The van der Waals surface area contributed by atoms with Crippen LogP contribution in [0.2, 0.25) is 0 Å². The summed E-state index contributed by atoms with van der Waals surface area (Å²) in [6, 6.07) is 10.1. The molecule has 0 saturated carbocycles. The molecule has 9 heteroatoms. The van der Waals surface area contributed by atoms with E-state index in [2.05, 4.69) is 32.9 Å². The minimum Gasteiger partial charge on any atom is -0.352 e. The third-order valence-electron chi connectivity index (χ3n) is 5.38. The van der Waals surface area contributed by atoms with Gasteiger partial charge in [-0.05, 0) is 25.8 Å². The highest BCUT2D eigenvalue weighted by Gasteiger charge is 2.34.